The van der Waals surface area contributed by atoms with Gasteiger partial charge in [-0.25, -0.2) is 18.7 Å². The van der Waals surface area contributed by atoms with Crippen molar-refractivity contribution in [3.05, 3.63) is 75.4 Å². The van der Waals surface area contributed by atoms with Crippen molar-refractivity contribution >= 4 is 39.1 Å². The number of carbonyl (C=O) groups is 1. The van der Waals surface area contributed by atoms with E-state index in [1.54, 1.807) is 53.8 Å². The van der Waals surface area contributed by atoms with Crippen molar-refractivity contribution < 1.29 is 9.18 Å². The zero-order valence-corrected chi connectivity index (χ0v) is 19.3. The summed E-state index contributed by atoms with van der Waals surface area (Å²) < 4.78 is 16.5. The fourth-order valence-electron chi connectivity index (χ4n) is 3.75. The molecule has 1 aliphatic carbocycles. The third kappa shape index (κ3) is 3.78. The highest BCUT2D eigenvalue weighted by molar-refractivity contribution is 7.19. The van der Waals surface area contributed by atoms with Gasteiger partial charge in [0.1, 0.15) is 10.5 Å². The van der Waals surface area contributed by atoms with E-state index in [1.165, 1.54) is 22.6 Å². The van der Waals surface area contributed by atoms with E-state index < -0.39 is 11.5 Å². The quantitative estimate of drug-likeness (QED) is 0.444. The van der Waals surface area contributed by atoms with Gasteiger partial charge in [-0.15, -0.1) is 11.3 Å². The highest BCUT2D eigenvalue weighted by Crippen LogP contribution is 2.44. The van der Waals surface area contributed by atoms with Crippen molar-refractivity contribution in [2.24, 2.45) is 0 Å². The van der Waals surface area contributed by atoms with E-state index in [9.17, 15) is 14.0 Å². The van der Waals surface area contributed by atoms with Crippen LogP contribution in [0.3, 0.4) is 0 Å². The molecule has 1 fully saturated rings. The molecule has 0 bridgehead atoms. The molecule has 5 rings (SSSR count). The third-order valence-corrected chi connectivity index (χ3v) is 6.86. The molecule has 0 spiro atoms. The molecule has 33 heavy (non-hydrogen) atoms. The van der Waals surface area contributed by atoms with Crippen LogP contribution in [-0.4, -0.2) is 41.6 Å². The van der Waals surface area contributed by atoms with Gasteiger partial charge in [-0.05, 0) is 43.2 Å². The molecule has 4 aromatic rings. The zero-order chi connectivity index (χ0) is 23.3. The number of hydrogen-bond acceptors (Lipinski definition) is 6. The Hall–Kier alpha value is -3.59. The molecular weight excluding hydrogens is 441 g/mol. The number of aromatic nitrogens is 3. The Morgan fingerprint density at radius 1 is 1.09 bits per heavy atom. The molecule has 0 saturated heterocycles. The van der Waals surface area contributed by atoms with E-state index in [2.05, 4.69) is 4.98 Å². The molecule has 1 amide bonds. The first kappa shape index (κ1) is 21.3. The minimum Gasteiger partial charge on any atom is -0.361 e. The molecule has 0 N–H and O–H groups in total. The smallest absolute Gasteiger partial charge is 0.355 e. The van der Waals surface area contributed by atoms with Crippen LogP contribution in [0.1, 0.15) is 34.1 Å². The predicted octanol–water partition coefficient (Wildman–Crippen LogP) is 4.20. The van der Waals surface area contributed by atoms with Crippen LogP contribution in [0.4, 0.5) is 15.9 Å². The molecular formula is C24H22FN5O2S. The number of thiazole rings is 1. The molecule has 9 heteroatoms. The van der Waals surface area contributed by atoms with E-state index >= 15 is 0 Å². The van der Waals surface area contributed by atoms with Gasteiger partial charge in [0.15, 0.2) is 11.5 Å². The standard InChI is InChI=1S/C24H22FN5O2S/c1-28(2)20-19-21(26-22(33-19)14-11-12-14)30(24(32)27-20)16-8-6-7-15(13-16)23(31)29(3)18-10-5-4-9-17(18)25/h4-10,13-14H,11-12H2,1-3H3. The second-order valence-electron chi connectivity index (χ2n) is 8.29. The van der Waals surface area contributed by atoms with Crippen LogP contribution in [0.5, 0.6) is 0 Å². The number of nitrogens with zero attached hydrogens (tertiary/aromatic N) is 5. The highest BCUT2D eigenvalue weighted by Gasteiger charge is 2.29. The van der Waals surface area contributed by atoms with E-state index in [-0.39, 0.29) is 11.6 Å². The second-order valence-corrected chi connectivity index (χ2v) is 9.32. The summed E-state index contributed by atoms with van der Waals surface area (Å²) in [6.45, 7) is 0. The van der Waals surface area contributed by atoms with Crippen LogP contribution >= 0.6 is 11.3 Å². The number of carbonyl (C=O) groups excluding carboxylic acids is 1. The van der Waals surface area contributed by atoms with Gasteiger partial charge in [-0.2, -0.15) is 4.98 Å². The molecule has 0 radical (unpaired) electrons. The van der Waals surface area contributed by atoms with E-state index in [1.807, 2.05) is 19.0 Å². The first-order valence-corrected chi connectivity index (χ1v) is 11.4. The Labute approximate surface area is 193 Å². The number of hydrogen-bond donors (Lipinski definition) is 0. The fourth-order valence-corrected chi connectivity index (χ4v) is 5.04. The summed E-state index contributed by atoms with van der Waals surface area (Å²) in [7, 11) is 5.22. The first-order chi connectivity index (χ1) is 15.8. The number of fused-ring (bicyclic) bond motifs is 1. The maximum absolute atomic E-state index is 14.2. The summed E-state index contributed by atoms with van der Waals surface area (Å²) in [6.07, 6.45) is 2.20. The number of amides is 1. The van der Waals surface area contributed by atoms with E-state index in [4.69, 9.17) is 4.98 Å². The average molecular weight is 464 g/mol. The van der Waals surface area contributed by atoms with Gasteiger partial charge in [0.2, 0.25) is 0 Å². The third-order valence-electron chi connectivity index (χ3n) is 5.65. The predicted molar refractivity (Wildman–Crippen MR) is 128 cm³/mol. The van der Waals surface area contributed by atoms with Crippen LogP contribution in [0.15, 0.2) is 53.3 Å². The summed E-state index contributed by atoms with van der Waals surface area (Å²) in [6, 6.07) is 12.8. The molecule has 2 aromatic heterocycles. The SMILES string of the molecule is CN(C)c1nc(=O)n(-c2cccc(C(=O)N(C)c3ccccc3F)c2)c2nc(C3CC3)sc12. The summed E-state index contributed by atoms with van der Waals surface area (Å²) >= 11 is 1.56. The van der Waals surface area contributed by atoms with Crippen molar-refractivity contribution in [2.45, 2.75) is 18.8 Å². The molecule has 0 atom stereocenters. The van der Waals surface area contributed by atoms with Gasteiger partial charge in [-0.1, -0.05) is 18.2 Å². The molecule has 168 valence electrons. The molecule has 0 unspecified atom stereocenters. The number of para-hydroxylation sites is 1. The van der Waals surface area contributed by atoms with E-state index in [0.29, 0.717) is 28.6 Å². The number of benzene rings is 2. The minimum absolute atomic E-state index is 0.179. The summed E-state index contributed by atoms with van der Waals surface area (Å²) in [5, 5.41) is 1.00. The van der Waals surface area contributed by atoms with Gasteiger partial charge < -0.3 is 9.80 Å². The summed E-state index contributed by atoms with van der Waals surface area (Å²) in [4.78, 5) is 38.4. The van der Waals surface area contributed by atoms with Crippen LogP contribution in [0.25, 0.3) is 16.0 Å². The van der Waals surface area contributed by atoms with Gasteiger partial charge in [0.05, 0.1) is 16.4 Å². The van der Waals surface area contributed by atoms with Crippen LogP contribution < -0.4 is 15.5 Å². The Morgan fingerprint density at radius 3 is 2.55 bits per heavy atom. The lowest BCUT2D eigenvalue weighted by Gasteiger charge is -2.19. The lowest BCUT2D eigenvalue weighted by atomic mass is 10.1. The number of halogens is 1. The monoisotopic (exact) mass is 463 g/mol. The number of rotatable bonds is 5. The Kier molecular flexibility index (Phi) is 5.20. The van der Waals surface area contributed by atoms with Crippen molar-refractivity contribution in [1.29, 1.82) is 0 Å². The fraction of sp³-hybridized carbons (Fsp3) is 0.250. The van der Waals surface area contributed by atoms with Crippen molar-refractivity contribution in [2.75, 3.05) is 30.9 Å². The van der Waals surface area contributed by atoms with Gasteiger partial charge in [-0.3, -0.25) is 4.79 Å². The largest absolute Gasteiger partial charge is 0.361 e. The van der Waals surface area contributed by atoms with Crippen molar-refractivity contribution in [3.63, 3.8) is 0 Å². The first-order valence-electron chi connectivity index (χ1n) is 10.6. The Morgan fingerprint density at radius 2 is 1.85 bits per heavy atom. The summed E-state index contributed by atoms with van der Waals surface area (Å²) in [5.74, 6) is 0.146. The molecule has 7 nitrogen and oxygen atoms in total. The average Bonchev–Trinajstić information content (AvgIpc) is 3.57. The molecule has 0 aliphatic heterocycles. The van der Waals surface area contributed by atoms with Crippen LogP contribution in [-0.2, 0) is 0 Å². The van der Waals surface area contributed by atoms with Crippen molar-refractivity contribution in [3.8, 4) is 5.69 Å². The zero-order valence-electron chi connectivity index (χ0n) is 18.4. The molecule has 2 aromatic carbocycles. The Bertz CT molecular complexity index is 1440. The van der Waals surface area contributed by atoms with Gasteiger partial charge in [0.25, 0.3) is 5.91 Å². The van der Waals surface area contributed by atoms with Crippen molar-refractivity contribution in [1.82, 2.24) is 14.5 Å². The lowest BCUT2D eigenvalue weighted by molar-refractivity contribution is 0.0992. The normalized spacial score (nSPS) is 13.3. The highest BCUT2D eigenvalue weighted by atomic mass is 32.1. The number of anilines is 2. The molecule has 2 heterocycles. The maximum atomic E-state index is 14.2. The maximum Gasteiger partial charge on any atom is 0.355 e. The molecule has 1 saturated carbocycles. The minimum atomic E-state index is -0.485. The molecule has 1 aliphatic rings. The second kappa shape index (κ2) is 8.08. The topological polar surface area (TPSA) is 71.3 Å². The summed E-state index contributed by atoms with van der Waals surface area (Å²) in [5.41, 5.74) is 1.07. The van der Waals surface area contributed by atoms with Crippen LogP contribution in [0, 0.1) is 5.82 Å². The Balaban J connectivity index is 1.62. The van der Waals surface area contributed by atoms with Crippen LogP contribution in [0.2, 0.25) is 0 Å². The van der Waals surface area contributed by atoms with E-state index in [0.717, 1.165) is 22.5 Å². The van der Waals surface area contributed by atoms with Gasteiger partial charge in [0, 0.05) is 32.6 Å². The van der Waals surface area contributed by atoms with Gasteiger partial charge >= 0.3 is 5.69 Å². The lowest BCUT2D eigenvalue weighted by Crippen LogP contribution is -2.28.